The summed E-state index contributed by atoms with van der Waals surface area (Å²) in [5.41, 5.74) is 3.78. The highest BCUT2D eigenvalue weighted by Gasteiger charge is 2.25. The maximum absolute atomic E-state index is 13.9. The number of ether oxygens (including phenoxy) is 2. The average molecular weight is 797 g/mol. The van der Waals surface area contributed by atoms with Crippen LogP contribution in [-0.4, -0.2) is 11.9 Å². The first-order valence-electron chi connectivity index (χ1n) is 23.3. The Kier molecular flexibility index (Phi) is 12.2. The van der Waals surface area contributed by atoms with E-state index in [1.807, 2.05) is 72.8 Å². The first-order valence-corrected chi connectivity index (χ1v) is 23.3. The number of unbranched alkanes of at least 4 members (excludes halogenated alkanes) is 4. The molecule has 4 heteroatoms. The number of carbonyl (C=O) groups is 2. The molecule has 0 radical (unpaired) electrons. The second-order valence-electron chi connectivity index (χ2n) is 18.1. The van der Waals surface area contributed by atoms with E-state index in [1.165, 1.54) is 114 Å². The van der Waals surface area contributed by atoms with E-state index in [0.29, 0.717) is 34.5 Å². The molecule has 7 aromatic carbocycles. The molecule has 2 fully saturated rings. The SMILES string of the molecule is CCCCCC1CCC(c2ccc(OC(=O)c3ccc4c5cccc6c(C(=O)Oc7ccc(C8CCC(CCCCC)CC8)cc7)ccc(c7cccc3c74)c65)cc2)CC1. The number of hydrogen-bond acceptors (Lipinski definition) is 4. The van der Waals surface area contributed by atoms with Crippen molar-refractivity contribution in [3.63, 3.8) is 0 Å². The van der Waals surface area contributed by atoms with E-state index in [-0.39, 0.29) is 11.9 Å². The van der Waals surface area contributed by atoms with Crippen molar-refractivity contribution in [2.45, 2.75) is 128 Å². The Morgan fingerprint density at radius 2 is 0.800 bits per heavy atom. The van der Waals surface area contributed by atoms with Crippen LogP contribution >= 0.6 is 0 Å². The first kappa shape index (κ1) is 40.2. The maximum Gasteiger partial charge on any atom is 0.344 e. The Hall–Kier alpha value is -5.22. The van der Waals surface area contributed by atoms with Gasteiger partial charge in [0.05, 0.1) is 11.1 Å². The zero-order chi connectivity index (χ0) is 41.0. The third-order valence-corrected chi connectivity index (χ3v) is 14.4. The topological polar surface area (TPSA) is 52.6 Å². The summed E-state index contributed by atoms with van der Waals surface area (Å²) in [4.78, 5) is 27.7. The molecule has 60 heavy (non-hydrogen) atoms. The summed E-state index contributed by atoms with van der Waals surface area (Å²) < 4.78 is 12.1. The van der Waals surface area contributed by atoms with Gasteiger partial charge in [-0.3, -0.25) is 0 Å². The van der Waals surface area contributed by atoms with Crippen molar-refractivity contribution in [1.29, 1.82) is 0 Å². The van der Waals surface area contributed by atoms with Gasteiger partial charge in [-0.05, 0) is 166 Å². The average Bonchev–Trinajstić information content (AvgIpc) is 3.29. The van der Waals surface area contributed by atoms with E-state index in [2.05, 4.69) is 50.2 Å². The van der Waals surface area contributed by atoms with Crippen LogP contribution in [0.3, 0.4) is 0 Å². The highest BCUT2D eigenvalue weighted by molar-refractivity contribution is 6.35. The first-order chi connectivity index (χ1) is 29.5. The fourth-order valence-corrected chi connectivity index (χ4v) is 10.9. The van der Waals surface area contributed by atoms with Crippen LogP contribution in [0.4, 0.5) is 0 Å². The van der Waals surface area contributed by atoms with Gasteiger partial charge in [0, 0.05) is 0 Å². The molecule has 0 atom stereocenters. The summed E-state index contributed by atoms with van der Waals surface area (Å²) in [5.74, 6) is 3.35. The molecule has 0 spiro atoms. The lowest BCUT2D eigenvalue weighted by Crippen LogP contribution is -2.13. The van der Waals surface area contributed by atoms with Crippen LogP contribution in [0.25, 0.3) is 43.1 Å². The van der Waals surface area contributed by atoms with E-state index in [9.17, 15) is 9.59 Å². The molecule has 2 aliphatic carbocycles. The minimum Gasteiger partial charge on any atom is -0.423 e. The number of fused-ring (bicyclic) bond motifs is 2. The molecule has 0 N–H and O–H groups in total. The van der Waals surface area contributed by atoms with Crippen molar-refractivity contribution in [2.75, 3.05) is 0 Å². The van der Waals surface area contributed by atoms with E-state index < -0.39 is 0 Å². The predicted molar refractivity (Wildman–Crippen MR) is 248 cm³/mol. The van der Waals surface area contributed by atoms with Gasteiger partial charge in [-0.2, -0.15) is 0 Å². The Morgan fingerprint density at radius 3 is 1.18 bits per heavy atom. The van der Waals surface area contributed by atoms with Crippen molar-refractivity contribution in [3.05, 3.63) is 131 Å². The summed E-state index contributed by atoms with van der Waals surface area (Å²) in [5, 5.41) is 7.91. The van der Waals surface area contributed by atoms with Gasteiger partial charge in [0.1, 0.15) is 11.5 Å². The lowest BCUT2D eigenvalue weighted by Gasteiger charge is -2.29. The fourth-order valence-electron chi connectivity index (χ4n) is 10.9. The van der Waals surface area contributed by atoms with Crippen LogP contribution in [0, 0.1) is 11.8 Å². The summed E-state index contributed by atoms with van der Waals surface area (Å²) in [6.45, 7) is 4.56. The number of benzene rings is 7. The largest absolute Gasteiger partial charge is 0.423 e. The third kappa shape index (κ3) is 8.27. The standard InChI is InChI=1S/C56H60O4/c1-3-5-7-11-37-17-21-39(22-18-37)41-25-29-43(30-26-41)59-55(57)51-35-33-49-46-14-10-16-48-52(36-34-50(54(46)48)45-13-9-15-47(51)53(45)49)56(58)60-44-31-27-42(28-32-44)40-23-19-38(20-24-40)12-8-6-4-2/h9-10,13-16,25-40H,3-8,11-12,17-24H2,1-2H3. The van der Waals surface area contributed by atoms with Gasteiger partial charge >= 0.3 is 11.9 Å². The molecule has 7 aromatic rings. The molecule has 9 rings (SSSR count). The minimum atomic E-state index is -0.362. The zero-order valence-corrected chi connectivity index (χ0v) is 35.6. The number of hydrogen-bond donors (Lipinski definition) is 0. The van der Waals surface area contributed by atoms with Gasteiger partial charge in [-0.25, -0.2) is 9.59 Å². The normalized spacial score (nSPS) is 19.6. The number of esters is 2. The van der Waals surface area contributed by atoms with Crippen LogP contribution in [-0.2, 0) is 0 Å². The Bertz CT molecular complexity index is 2370. The molecular weight excluding hydrogens is 737 g/mol. The second kappa shape index (κ2) is 18.2. The van der Waals surface area contributed by atoms with Gasteiger partial charge in [0.25, 0.3) is 0 Å². The maximum atomic E-state index is 13.9. The molecule has 0 bridgehead atoms. The molecule has 2 aliphatic rings. The zero-order valence-electron chi connectivity index (χ0n) is 35.6. The molecule has 0 unspecified atom stereocenters. The van der Waals surface area contributed by atoms with E-state index in [1.54, 1.807) is 0 Å². The second-order valence-corrected chi connectivity index (χ2v) is 18.1. The molecule has 2 saturated carbocycles. The highest BCUT2D eigenvalue weighted by atomic mass is 16.5. The van der Waals surface area contributed by atoms with Crippen molar-refractivity contribution in [3.8, 4) is 11.5 Å². The van der Waals surface area contributed by atoms with Gasteiger partial charge in [0.15, 0.2) is 0 Å². The van der Waals surface area contributed by atoms with Crippen LogP contribution in [0.15, 0.2) is 109 Å². The molecule has 0 saturated heterocycles. The number of rotatable bonds is 14. The fraction of sp³-hybridized carbons (Fsp3) is 0.393. The summed E-state index contributed by atoms with van der Waals surface area (Å²) in [6.07, 6.45) is 21.0. The summed E-state index contributed by atoms with van der Waals surface area (Å²) in [6, 6.07) is 36.6. The molecule has 0 heterocycles. The van der Waals surface area contributed by atoms with Crippen LogP contribution in [0.5, 0.6) is 11.5 Å². The molecule has 0 aromatic heterocycles. The summed E-state index contributed by atoms with van der Waals surface area (Å²) in [7, 11) is 0. The van der Waals surface area contributed by atoms with Crippen LogP contribution in [0.1, 0.15) is 160 Å². The van der Waals surface area contributed by atoms with Crippen molar-refractivity contribution in [2.24, 2.45) is 11.8 Å². The van der Waals surface area contributed by atoms with Gasteiger partial charge < -0.3 is 9.47 Å². The van der Waals surface area contributed by atoms with Crippen molar-refractivity contribution in [1.82, 2.24) is 0 Å². The van der Waals surface area contributed by atoms with Crippen molar-refractivity contribution >= 4 is 55.0 Å². The number of carbonyl (C=O) groups excluding carboxylic acids is 2. The summed E-state index contributed by atoms with van der Waals surface area (Å²) >= 11 is 0. The molecule has 308 valence electrons. The van der Waals surface area contributed by atoms with Gasteiger partial charge in [0.2, 0.25) is 0 Å². The Morgan fingerprint density at radius 1 is 0.433 bits per heavy atom. The smallest absolute Gasteiger partial charge is 0.344 e. The van der Waals surface area contributed by atoms with E-state index in [4.69, 9.17) is 9.47 Å². The third-order valence-electron chi connectivity index (χ3n) is 14.4. The molecular formula is C56H60O4. The van der Waals surface area contributed by atoms with E-state index in [0.717, 1.165) is 54.9 Å². The molecule has 0 amide bonds. The van der Waals surface area contributed by atoms with Gasteiger partial charge in [-0.1, -0.05) is 138 Å². The Balaban J connectivity index is 0.912. The van der Waals surface area contributed by atoms with Crippen molar-refractivity contribution < 1.29 is 19.1 Å². The van der Waals surface area contributed by atoms with E-state index >= 15 is 0 Å². The minimum absolute atomic E-state index is 0.362. The highest BCUT2D eigenvalue weighted by Crippen LogP contribution is 2.43. The predicted octanol–water partition coefficient (Wildman–Crippen LogP) is 15.9. The van der Waals surface area contributed by atoms with Gasteiger partial charge in [-0.15, -0.1) is 0 Å². The molecule has 0 aliphatic heterocycles. The lowest BCUT2D eigenvalue weighted by atomic mass is 9.77. The van der Waals surface area contributed by atoms with Crippen LogP contribution < -0.4 is 9.47 Å². The molecule has 4 nitrogen and oxygen atoms in total. The monoisotopic (exact) mass is 796 g/mol. The van der Waals surface area contributed by atoms with Crippen LogP contribution in [0.2, 0.25) is 0 Å². The Labute approximate surface area is 356 Å². The quantitative estimate of drug-likeness (QED) is 0.0362. The lowest BCUT2D eigenvalue weighted by molar-refractivity contribution is 0.0727.